The third-order valence-electron chi connectivity index (χ3n) is 2.61. The summed E-state index contributed by atoms with van der Waals surface area (Å²) in [5.41, 5.74) is 5.84. The highest BCUT2D eigenvalue weighted by molar-refractivity contribution is 7.89. The van der Waals surface area contributed by atoms with Gasteiger partial charge in [0.05, 0.1) is 10.4 Å². The van der Waals surface area contributed by atoms with Gasteiger partial charge in [0.15, 0.2) is 0 Å². The van der Waals surface area contributed by atoms with E-state index in [1.54, 1.807) is 50.4 Å². The van der Waals surface area contributed by atoms with E-state index in [2.05, 4.69) is 9.71 Å². The van der Waals surface area contributed by atoms with Gasteiger partial charge in [-0.3, -0.25) is 4.98 Å². The maximum absolute atomic E-state index is 12.3. The van der Waals surface area contributed by atoms with Crippen molar-refractivity contribution in [1.82, 2.24) is 9.71 Å². The molecule has 19 heavy (non-hydrogen) atoms. The Hall–Kier alpha value is -1.50. The van der Waals surface area contributed by atoms with Gasteiger partial charge in [-0.2, -0.15) is 0 Å². The molecule has 1 heterocycles. The molecule has 0 aliphatic rings. The zero-order valence-electron chi connectivity index (χ0n) is 10.9. The number of pyridine rings is 1. The molecule has 3 N–H and O–H groups in total. The predicted octanol–water partition coefficient (Wildman–Crippen LogP) is 1.25. The Bertz CT molecular complexity index is 685. The quantitative estimate of drug-likeness (QED) is 0.882. The molecular formula is C13H17N3O2S. The number of hydrogen-bond donors (Lipinski definition) is 2. The lowest BCUT2D eigenvalue weighted by atomic mass is 10.1. The highest BCUT2D eigenvalue weighted by Gasteiger charge is 2.20. The molecule has 2 aromatic rings. The Morgan fingerprint density at radius 2 is 2.00 bits per heavy atom. The summed E-state index contributed by atoms with van der Waals surface area (Å²) in [6.07, 6.45) is 1.63. The summed E-state index contributed by atoms with van der Waals surface area (Å²) in [7, 11) is -3.59. The average molecular weight is 279 g/mol. The molecule has 5 nitrogen and oxygen atoms in total. The third-order valence-corrected chi connectivity index (χ3v) is 4.07. The number of nitrogens with two attached hydrogens (primary N) is 1. The van der Waals surface area contributed by atoms with Crippen LogP contribution in [0, 0.1) is 0 Å². The molecule has 0 amide bonds. The van der Waals surface area contributed by atoms with Crippen molar-refractivity contribution in [3.05, 3.63) is 36.5 Å². The maximum atomic E-state index is 12.3. The molecule has 0 spiro atoms. The Morgan fingerprint density at radius 1 is 1.26 bits per heavy atom. The normalized spacial score (nSPS) is 12.8. The van der Waals surface area contributed by atoms with E-state index >= 15 is 0 Å². The summed E-state index contributed by atoms with van der Waals surface area (Å²) >= 11 is 0. The molecule has 1 aromatic carbocycles. The Balaban J connectivity index is 2.44. The van der Waals surface area contributed by atoms with E-state index in [0.29, 0.717) is 10.9 Å². The smallest absolute Gasteiger partial charge is 0.241 e. The lowest BCUT2D eigenvalue weighted by Crippen LogP contribution is -2.45. The Labute approximate surface area is 112 Å². The van der Waals surface area contributed by atoms with E-state index in [4.69, 9.17) is 5.73 Å². The van der Waals surface area contributed by atoms with Gasteiger partial charge in [0.25, 0.3) is 0 Å². The SMILES string of the molecule is CC(C)(N)CNS(=O)(=O)c1cccc2ncccc12. The monoisotopic (exact) mass is 279 g/mol. The van der Waals surface area contributed by atoms with Crippen LogP contribution in [0.3, 0.4) is 0 Å². The second-order valence-corrected chi connectivity index (χ2v) is 6.87. The predicted molar refractivity (Wildman–Crippen MR) is 75.2 cm³/mol. The molecule has 0 saturated heterocycles. The van der Waals surface area contributed by atoms with Crippen LogP contribution in [0.4, 0.5) is 0 Å². The number of aromatic nitrogens is 1. The molecule has 2 rings (SSSR count). The number of hydrogen-bond acceptors (Lipinski definition) is 4. The molecule has 0 aliphatic carbocycles. The topological polar surface area (TPSA) is 85.1 Å². The molecule has 0 fully saturated rings. The first-order chi connectivity index (χ1) is 8.80. The van der Waals surface area contributed by atoms with E-state index in [0.717, 1.165) is 0 Å². The van der Waals surface area contributed by atoms with Crippen LogP contribution in [-0.2, 0) is 10.0 Å². The van der Waals surface area contributed by atoms with Crippen LogP contribution in [0.5, 0.6) is 0 Å². The molecule has 0 aliphatic heterocycles. The van der Waals surface area contributed by atoms with Gasteiger partial charge in [-0.05, 0) is 38.1 Å². The summed E-state index contributed by atoms with van der Waals surface area (Å²) in [5, 5.41) is 0.604. The standard InChI is InChI=1S/C13H17N3O2S/c1-13(2,14)9-16-19(17,18)12-7-3-6-11-10(12)5-4-8-15-11/h3-8,16H,9,14H2,1-2H3. The van der Waals surface area contributed by atoms with E-state index in [1.807, 2.05) is 0 Å². The van der Waals surface area contributed by atoms with Crippen LogP contribution >= 0.6 is 0 Å². The number of nitrogens with one attached hydrogen (secondary N) is 1. The second-order valence-electron chi connectivity index (χ2n) is 5.14. The van der Waals surface area contributed by atoms with Gasteiger partial charge in [-0.1, -0.05) is 6.07 Å². The van der Waals surface area contributed by atoms with Gasteiger partial charge in [0.2, 0.25) is 10.0 Å². The molecule has 102 valence electrons. The summed E-state index contributed by atoms with van der Waals surface area (Å²) in [6.45, 7) is 3.70. The number of sulfonamides is 1. The lowest BCUT2D eigenvalue weighted by Gasteiger charge is -2.19. The fraction of sp³-hybridized carbons (Fsp3) is 0.308. The third kappa shape index (κ3) is 3.28. The fourth-order valence-corrected chi connectivity index (χ4v) is 3.11. The molecule has 0 atom stereocenters. The summed E-state index contributed by atoms with van der Waals surface area (Å²) in [6, 6.07) is 8.48. The summed E-state index contributed by atoms with van der Waals surface area (Å²) < 4.78 is 27.1. The van der Waals surface area contributed by atoms with Crippen molar-refractivity contribution in [2.24, 2.45) is 5.73 Å². The van der Waals surface area contributed by atoms with Crippen molar-refractivity contribution in [1.29, 1.82) is 0 Å². The maximum Gasteiger partial charge on any atom is 0.241 e. The zero-order valence-corrected chi connectivity index (χ0v) is 11.7. The Morgan fingerprint density at radius 3 is 2.68 bits per heavy atom. The van der Waals surface area contributed by atoms with E-state index in [9.17, 15) is 8.42 Å². The molecule has 1 aromatic heterocycles. The van der Waals surface area contributed by atoms with Gasteiger partial charge in [0.1, 0.15) is 0 Å². The van der Waals surface area contributed by atoms with Crippen LogP contribution in [0.2, 0.25) is 0 Å². The van der Waals surface area contributed by atoms with Gasteiger partial charge in [0, 0.05) is 23.7 Å². The summed E-state index contributed by atoms with van der Waals surface area (Å²) in [5.74, 6) is 0. The minimum atomic E-state index is -3.59. The Kier molecular flexibility index (Phi) is 3.58. The van der Waals surface area contributed by atoms with Gasteiger partial charge >= 0.3 is 0 Å². The first-order valence-electron chi connectivity index (χ1n) is 5.92. The first kappa shape index (κ1) is 13.9. The van der Waals surface area contributed by atoms with Crippen LogP contribution in [0.15, 0.2) is 41.4 Å². The molecular weight excluding hydrogens is 262 g/mol. The molecule has 0 radical (unpaired) electrons. The minimum Gasteiger partial charge on any atom is -0.324 e. The zero-order chi connectivity index (χ0) is 14.1. The molecule has 6 heteroatoms. The lowest BCUT2D eigenvalue weighted by molar-refractivity contribution is 0.498. The number of rotatable bonds is 4. The number of benzene rings is 1. The van der Waals surface area contributed by atoms with Crippen molar-refractivity contribution in [3.63, 3.8) is 0 Å². The molecule has 0 unspecified atom stereocenters. The highest BCUT2D eigenvalue weighted by atomic mass is 32.2. The number of fused-ring (bicyclic) bond motifs is 1. The van der Waals surface area contributed by atoms with Crippen molar-refractivity contribution in [2.45, 2.75) is 24.3 Å². The van der Waals surface area contributed by atoms with E-state index in [1.165, 1.54) is 0 Å². The van der Waals surface area contributed by atoms with Gasteiger partial charge < -0.3 is 5.73 Å². The summed E-state index contributed by atoms with van der Waals surface area (Å²) in [4.78, 5) is 4.37. The van der Waals surface area contributed by atoms with Crippen LogP contribution in [0.25, 0.3) is 10.9 Å². The largest absolute Gasteiger partial charge is 0.324 e. The first-order valence-corrected chi connectivity index (χ1v) is 7.40. The number of nitrogens with zero attached hydrogens (tertiary/aromatic N) is 1. The highest BCUT2D eigenvalue weighted by Crippen LogP contribution is 2.21. The second kappa shape index (κ2) is 4.88. The fourth-order valence-electron chi connectivity index (χ4n) is 1.67. The van der Waals surface area contributed by atoms with Crippen LogP contribution in [0.1, 0.15) is 13.8 Å². The van der Waals surface area contributed by atoms with E-state index < -0.39 is 15.6 Å². The minimum absolute atomic E-state index is 0.173. The van der Waals surface area contributed by atoms with Gasteiger partial charge in [-0.25, -0.2) is 13.1 Å². The van der Waals surface area contributed by atoms with Gasteiger partial charge in [-0.15, -0.1) is 0 Å². The van der Waals surface area contributed by atoms with Crippen LogP contribution < -0.4 is 10.5 Å². The van der Waals surface area contributed by atoms with Crippen molar-refractivity contribution >= 4 is 20.9 Å². The average Bonchev–Trinajstić information content (AvgIpc) is 2.35. The van der Waals surface area contributed by atoms with E-state index in [-0.39, 0.29) is 11.4 Å². The van der Waals surface area contributed by atoms with Crippen molar-refractivity contribution in [3.8, 4) is 0 Å². The van der Waals surface area contributed by atoms with Crippen molar-refractivity contribution in [2.75, 3.05) is 6.54 Å². The molecule has 0 saturated carbocycles. The van der Waals surface area contributed by atoms with Crippen LogP contribution in [-0.4, -0.2) is 25.5 Å². The molecule has 0 bridgehead atoms. The van der Waals surface area contributed by atoms with Crippen molar-refractivity contribution < 1.29 is 8.42 Å².